The van der Waals surface area contributed by atoms with E-state index in [0.717, 1.165) is 12.1 Å². The highest BCUT2D eigenvalue weighted by atomic mass is 32.1. The van der Waals surface area contributed by atoms with E-state index in [1.807, 2.05) is 0 Å². The van der Waals surface area contributed by atoms with Crippen LogP contribution in [0.5, 0.6) is 5.75 Å². The molecule has 0 saturated carbocycles. The Hall–Kier alpha value is -1.57. The molecule has 1 aromatic carbocycles. The van der Waals surface area contributed by atoms with Crippen molar-refractivity contribution < 1.29 is 22.7 Å². The van der Waals surface area contributed by atoms with E-state index in [0.29, 0.717) is 18.7 Å². The highest BCUT2D eigenvalue weighted by molar-refractivity contribution is 7.80. The first-order valence-electron chi connectivity index (χ1n) is 5.86. The number of amides is 1. The number of carbonyl (C=O) groups is 1. The predicted octanol–water partition coefficient (Wildman–Crippen LogP) is 2.45. The maximum atomic E-state index is 12.2. The summed E-state index contributed by atoms with van der Waals surface area (Å²) in [6.45, 7) is 0.391. The second kappa shape index (κ2) is 5.43. The van der Waals surface area contributed by atoms with Gasteiger partial charge >= 0.3 is 6.36 Å². The van der Waals surface area contributed by atoms with Gasteiger partial charge in [0.25, 0.3) is 0 Å². The number of nitrogens with zero attached hydrogens (tertiary/aromatic N) is 1. The number of hydrogen-bond acceptors (Lipinski definition) is 4. The highest BCUT2D eigenvalue weighted by Gasteiger charge is 2.33. The van der Waals surface area contributed by atoms with E-state index >= 15 is 0 Å². The van der Waals surface area contributed by atoms with Crippen molar-refractivity contribution in [3.8, 4) is 5.75 Å². The van der Waals surface area contributed by atoms with Gasteiger partial charge in [-0.05, 0) is 23.8 Å². The lowest BCUT2D eigenvalue weighted by molar-refractivity contribution is -0.274. The van der Waals surface area contributed by atoms with E-state index < -0.39 is 12.1 Å². The summed E-state index contributed by atoms with van der Waals surface area (Å²) in [6, 6.07) is 3.53. The molecule has 0 aromatic heterocycles. The van der Waals surface area contributed by atoms with Gasteiger partial charge in [-0.2, -0.15) is 12.6 Å². The fourth-order valence-electron chi connectivity index (χ4n) is 2.09. The Morgan fingerprint density at radius 3 is 2.70 bits per heavy atom. The molecule has 1 saturated heterocycles. The molecule has 1 fully saturated rings. The number of nitrogens with two attached hydrogens (primary N) is 1. The Kier molecular flexibility index (Phi) is 4.03. The van der Waals surface area contributed by atoms with Crippen LogP contribution >= 0.6 is 12.6 Å². The van der Waals surface area contributed by atoms with E-state index in [2.05, 4.69) is 17.4 Å². The maximum Gasteiger partial charge on any atom is 0.573 e. The van der Waals surface area contributed by atoms with Gasteiger partial charge < -0.3 is 15.4 Å². The zero-order chi connectivity index (χ0) is 14.9. The van der Waals surface area contributed by atoms with E-state index in [4.69, 9.17) is 5.73 Å². The average molecular weight is 306 g/mol. The van der Waals surface area contributed by atoms with Gasteiger partial charge in [-0.25, -0.2) is 0 Å². The zero-order valence-corrected chi connectivity index (χ0v) is 11.2. The van der Waals surface area contributed by atoms with Crippen LogP contribution < -0.4 is 15.4 Å². The molecule has 0 bridgehead atoms. The lowest BCUT2D eigenvalue weighted by atomic mass is 10.1. The summed E-state index contributed by atoms with van der Waals surface area (Å²) in [4.78, 5) is 13.2. The second-order valence-electron chi connectivity index (χ2n) is 4.53. The molecule has 4 nitrogen and oxygen atoms in total. The predicted molar refractivity (Wildman–Crippen MR) is 71.9 cm³/mol. The van der Waals surface area contributed by atoms with Crippen molar-refractivity contribution in [3.05, 3.63) is 18.2 Å². The zero-order valence-electron chi connectivity index (χ0n) is 10.4. The quantitative estimate of drug-likeness (QED) is 0.666. The molecular formula is C12H13F3N2O2S. The van der Waals surface area contributed by atoms with Gasteiger partial charge in [-0.15, -0.1) is 13.2 Å². The average Bonchev–Trinajstić information content (AvgIpc) is 2.71. The number of thiol groups is 1. The molecule has 0 spiro atoms. The van der Waals surface area contributed by atoms with Crippen LogP contribution in [0.4, 0.5) is 24.5 Å². The maximum absolute atomic E-state index is 12.2. The van der Waals surface area contributed by atoms with E-state index in [1.165, 1.54) is 11.0 Å². The van der Waals surface area contributed by atoms with Crippen molar-refractivity contribution in [1.29, 1.82) is 0 Å². The van der Waals surface area contributed by atoms with E-state index in [9.17, 15) is 18.0 Å². The van der Waals surface area contributed by atoms with Gasteiger partial charge in [0.1, 0.15) is 5.75 Å². The smallest absolute Gasteiger partial charge is 0.406 e. The molecule has 110 valence electrons. The van der Waals surface area contributed by atoms with Gasteiger partial charge in [-0.3, -0.25) is 4.79 Å². The Labute approximate surface area is 119 Å². The van der Waals surface area contributed by atoms with Crippen molar-refractivity contribution in [3.63, 3.8) is 0 Å². The number of rotatable bonds is 3. The molecule has 2 rings (SSSR count). The lowest BCUT2D eigenvalue weighted by Crippen LogP contribution is -2.26. The largest absolute Gasteiger partial charge is 0.573 e. The summed E-state index contributed by atoms with van der Waals surface area (Å²) in [6.07, 6.45) is -4.47. The summed E-state index contributed by atoms with van der Waals surface area (Å²) in [5, 5.41) is 0. The Morgan fingerprint density at radius 2 is 2.15 bits per heavy atom. The molecule has 1 atom stereocenters. The van der Waals surface area contributed by atoms with Crippen LogP contribution in [0.25, 0.3) is 0 Å². The molecule has 0 radical (unpaired) electrons. The van der Waals surface area contributed by atoms with Crippen molar-refractivity contribution in [2.45, 2.75) is 12.8 Å². The SMILES string of the molecule is Nc1ccc(OC(F)(F)F)cc1N1CC(CS)CC1=O. The van der Waals surface area contributed by atoms with Crippen molar-refractivity contribution in [1.82, 2.24) is 0 Å². The topological polar surface area (TPSA) is 55.6 Å². The molecular weight excluding hydrogens is 293 g/mol. The number of anilines is 2. The molecule has 2 N–H and O–H groups in total. The van der Waals surface area contributed by atoms with Crippen LogP contribution in [0.15, 0.2) is 18.2 Å². The minimum Gasteiger partial charge on any atom is -0.406 e. The molecule has 0 aliphatic carbocycles. The fraction of sp³-hybridized carbons (Fsp3) is 0.417. The molecule has 1 aromatic rings. The van der Waals surface area contributed by atoms with E-state index in [1.54, 1.807) is 0 Å². The van der Waals surface area contributed by atoms with Crippen molar-refractivity contribution >= 4 is 29.9 Å². The number of halogens is 3. The lowest BCUT2D eigenvalue weighted by Gasteiger charge is -2.20. The number of alkyl halides is 3. The number of ether oxygens (including phenoxy) is 1. The number of hydrogen-bond donors (Lipinski definition) is 2. The van der Waals surface area contributed by atoms with Gasteiger partial charge in [-0.1, -0.05) is 0 Å². The first-order chi connectivity index (χ1) is 9.30. The minimum atomic E-state index is -4.78. The third-order valence-electron chi connectivity index (χ3n) is 2.99. The van der Waals surface area contributed by atoms with E-state index in [-0.39, 0.29) is 23.2 Å². The van der Waals surface area contributed by atoms with Crippen LogP contribution in [-0.4, -0.2) is 24.6 Å². The second-order valence-corrected chi connectivity index (χ2v) is 4.89. The summed E-state index contributed by atoms with van der Waals surface area (Å²) in [5.74, 6) is 0.0158. The van der Waals surface area contributed by atoms with Gasteiger partial charge in [0.15, 0.2) is 0 Å². The van der Waals surface area contributed by atoms with Crippen LogP contribution in [0, 0.1) is 5.92 Å². The van der Waals surface area contributed by atoms with Crippen LogP contribution in [-0.2, 0) is 4.79 Å². The molecule has 20 heavy (non-hydrogen) atoms. The Morgan fingerprint density at radius 1 is 1.45 bits per heavy atom. The Bertz CT molecular complexity index is 522. The van der Waals surface area contributed by atoms with Crippen LogP contribution in [0.3, 0.4) is 0 Å². The van der Waals surface area contributed by atoms with Crippen LogP contribution in [0.2, 0.25) is 0 Å². The van der Waals surface area contributed by atoms with Gasteiger partial charge in [0.05, 0.1) is 11.4 Å². The number of carbonyl (C=O) groups excluding carboxylic acids is 1. The highest BCUT2D eigenvalue weighted by Crippen LogP contribution is 2.34. The first kappa shape index (κ1) is 14.8. The number of benzene rings is 1. The molecule has 1 heterocycles. The normalized spacial score (nSPS) is 19.5. The summed E-state index contributed by atoms with van der Waals surface area (Å²) in [5.41, 5.74) is 6.20. The summed E-state index contributed by atoms with van der Waals surface area (Å²) in [7, 11) is 0. The van der Waals surface area contributed by atoms with Gasteiger partial charge in [0, 0.05) is 19.0 Å². The number of nitrogen functional groups attached to an aromatic ring is 1. The summed E-state index contributed by atoms with van der Waals surface area (Å²) >= 11 is 4.13. The monoisotopic (exact) mass is 306 g/mol. The molecule has 1 amide bonds. The molecule has 1 aliphatic rings. The third-order valence-corrected chi connectivity index (χ3v) is 3.51. The standard InChI is InChI=1S/C12H13F3N2O2S/c13-12(14,15)19-8-1-2-9(16)10(4-8)17-5-7(6-20)3-11(17)18/h1-2,4,7,20H,3,5-6,16H2. The molecule has 8 heteroatoms. The summed E-state index contributed by atoms with van der Waals surface area (Å²) < 4.78 is 40.4. The minimum absolute atomic E-state index is 0.0671. The van der Waals surface area contributed by atoms with Crippen molar-refractivity contribution in [2.24, 2.45) is 5.92 Å². The first-order valence-corrected chi connectivity index (χ1v) is 6.50. The molecule has 1 unspecified atom stereocenters. The molecule has 1 aliphatic heterocycles. The van der Waals surface area contributed by atoms with Crippen LogP contribution in [0.1, 0.15) is 6.42 Å². The van der Waals surface area contributed by atoms with Crippen molar-refractivity contribution in [2.75, 3.05) is 22.9 Å². The Balaban J connectivity index is 2.27. The third kappa shape index (κ3) is 3.30. The van der Waals surface area contributed by atoms with Gasteiger partial charge in [0.2, 0.25) is 5.91 Å². The fourth-order valence-corrected chi connectivity index (χ4v) is 2.34.